The molecule has 8 heteroatoms. The summed E-state index contributed by atoms with van der Waals surface area (Å²) < 4.78 is 5.08. The van der Waals surface area contributed by atoms with Crippen LogP contribution < -0.4 is 10.1 Å². The lowest BCUT2D eigenvalue weighted by Gasteiger charge is -2.15. The lowest BCUT2D eigenvalue weighted by molar-refractivity contribution is -0.116. The van der Waals surface area contributed by atoms with E-state index in [0.29, 0.717) is 22.2 Å². The highest BCUT2D eigenvalue weighted by Gasteiger charge is 2.18. The zero-order chi connectivity index (χ0) is 20.1. The minimum atomic E-state index is -0.318. The minimum Gasteiger partial charge on any atom is -0.497 e. The Morgan fingerprint density at radius 1 is 1.14 bits per heavy atom. The summed E-state index contributed by atoms with van der Waals surface area (Å²) in [5, 5.41) is 5.79. The number of ether oxygens (including phenoxy) is 1. The van der Waals surface area contributed by atoms with Crippen molar-refractivity contribution in [1.82, 2.24) is 9.88 Å². The lowest BCUT2D eigenvalue weighted by atomic mass is 10.2. The number of nitrogens with one attached hydrogen (secondary N) is 1. The fourth-order valence-electron chi connectivity index (χ4n) is 2.45. The van der Waals surface area contributed by atoms with Crippen molar-refractivity contribution in [3.05, 3.63) is 64.6 Å². The Balaban J connectivity index is 1.60. The summed E-state index contributed by atoms with van der Waals surface area (Å²) in [4.78, 5) is 30.5. The van der Waals surface area contributed by atoms with Crippen molar-refractivity contribution in [2.75, 3.05) is 26.0 Å². The predicted molar refractivity (Wildman–Crippen MR) is 111 cm³/mol. The van der Waals surface area contributed by atoms with Crippen LogP contribution in [-0.2, 0) is 4.79 Å². The summed E-state index contributed by atoms with van der Waals surface area (Å²) >= 11 is 7.26. The van der Waals surface area contributed by atoms with Gasteiger partial charge >= 0.3 is 0 Å². The van der Waals surface area contributed by atoms with E-state index in [4.69, 9.17) is 16.3 Å². The third-order valence-electron chi connectivity index (χ3n) is 3.92. The van der Waals surface area contributed by atoms with Crippen LogP contribution in [-0.4, -0.2) is 42.4 Å². The number of benzene rings is 2. The zero-order valence-electron chi connectivity index (χ0n) is 15.3. The Morgan fingerprint density at radius 2 is 1.82 bits per heavy atom. The number of carbonyl (C=O) groups excluding carboxylic acids is 2. The molecule has 1 N–H and O–H groups in total. The summed E-state index contributed by atoms with van der Waals surface area (Å²) in [5.41, 5.74) is 1.81. The number of hydrogen-bond acceptors (Lipinski definition) is 5. The van der Waals surface area contributed by atoms with Gasteiger partial charge in [-0.3, -0.25) is 9.59 Å². The molecule has 28 heavy (non-hydrogen) atoms. The highest BCUT2D eigenvalue weighted by molar-refractivity contribution is 7.13. The van der Waals surface area contributed by atoms with Crippen LogP contribution in [0.1, 0.15) is 10.5 Å². The number of amides is 2. The van der Waals surface area contributed by atoms with Crippen molar-refractivity contribution in [1.29, 1.82) is 0 Å². The van der Waals surface area contributed by atoms with E-state index in [2.05, 4.69) is 10.3 Å². The fraction of sp³-hybridized carbons (Fsp3) is 0.150. The number of rotatable bonds is 6. The van der Waals surface area contributed by atoms with Crippen LogP contribution in [0.5, 0.6) is 5.75 Å². The van der Waals surface area contributed by atoms with Crippen LogP contribution >= 0.6 is 22.9 Å². The normalized spacial score (nSPS) is 10.4. The molecule has 0 atom stereocenters. The van der Waals surface area contributed by atoms with Gasteiger partial charge in [0.2, 0.25) is 5.91 Å². The van der Waals surface area contributed by atoms with E-state index in [1.165, 1.54) is 16.2 Å². The number of thiazole rings is 1. The van der Waals surface area contributed by atoms with Gasteiger partial charge in [-0.15, -0.1) is 11.3 Å². The maximum absolute atomic E-state index is 12.6. The van der Waals surface area contributed by atoms with Crippen molar-refractivity contribution in [3.8, 4) is 16.3 Å². The molecule has 0 saturated heterocycles. The maximum Gasteiger partial charge on any atom is 0.273 e. The Bertz CT molecular complexity index is 971. The second-order valence-corrected chi connectivity index (χ2v) is 7.28. The first-order chi connectivity index (χ1) is 13.5. The fourth-order valence-corrected chi connectivity index (χ4v) is 3.38. The van der Waals surface area contributed by atoms with Gasteiger partial charge in [-0.2, -0.15) is 0 Å². The Morgan fingerprint density at radius 3 is 2.46 bits per heavy atom. The first-order valence-corrected chi connectivity index (χ1v) is 9.63. The van der Waals surface area contributed by atoms with Crippen molar-refractivity contribution in [2.24, 2.45) is 0 Å². The molecule has 0 aliphatic rings. The molecule has 0 fully saturated rings. The molecular formula is C20H18ClN3O3S. The summed E-state index contributed by atoms with van der Waals surface area (Å²) in [7, 11) is 3.14. The van der Waals surface area contributed by atoms with Gasteiger partial charge in [0, 0.05) is 28.7 Å². The number of hydrogen-bond donors (Lipinski definition) is 1. The highest BCUT2D eigenvalue weighted by Crippen LogP contribution is 2.25. The van der Waals surface area contributed by atoms with E-state index < -0.39 is 0 Å². The standard InChI is InChI=1S/C20H18ClN3O3S/c1-24(11-18(25)22-15-7-9-16(27-2)10-8-15)20(26)17-12-28-19(23-17)13-3-5-14(21)6-4-13/h3-10,12H,11H2,1-2H3,(H,22,25). The predicted octanol–water partition coefficient (Wildman–Crippen LogP) is 4.18. The molecule has 3 aromatic rings. The second kappa shape index (κ2) is 8.86. The van der Waals surface area contributed by atoms with Gasteiger partial charge in [-0.25, -0.2) is 4.98 Å². The van der Waals surface area contributed by atoms with Gasteiger partial charge in [0.05, 0.1) is 13.7 Å². The van der Waals surface area contributed by atoms with Crippen LogP contribution in [0.4, 0.5) is 5.69 Å². The number of likely N-dealkylation sites (N-methyl/N-ethyl adjacent to an activating group) is 1. The van der Waals surface area contributed by atoms with E-state index in [1.807, 2.05) is 12.1 Å². The quantitative estimate of drug-likeness (QED) is 0.655. The van der Waals surface area contributed by atoms with Crippen LogP contribution in [0.3, 0.4) is 0 Å². The van der Waals surface area contributed by atoms with E-state index in [1.54, 1.807) is 55.9 Å². The molecule has 2 amide bonds. The van der Waals surface area contributed by atoms with E-state index >= 15 is 0 Å². The number of aromatic nitrogens is 1. The third-order valence-corrected chi connectivity index (χ3v) is 5.06. The SMILES string of the molecule is COc1ccc(NC(=O)CN(C)C(=O)c2csc(-c3ccc(Cl)cc3)n2)cc1. The summed E-state index contributed by atoms with van der Waals surface area (Å²) in [6.45, 7) is -0.0847. The molecule has 144 valence electrons. The van der Waals surface area contributed by atoms with Crippen molar-refractivity contribution < 1.29 is 14.3 Å². The van der Waals surface area contributed by atoms with Crippen molar-refractivity contribution in [2.45, 2.75) is 0 Å². The molecule has 0 saturated carbocycles. The molecular weight excluding hydrogens is 398 g/mol. The monoisotopic (exact) mass is 415 g/mol. The molecule has 6 nitrogen and oxygen atoms in total. The first kappa shape index (κ1) is 19.9. The van der Waals surface area contributed by atoms with Gasteiger partial charge in [0.1, 0.15) is 16.5 Å². The molecule has 0 radical (unpaired) electrons. The zero-order valence-corrected chi connectivity index (χ0v) is 16.9. The van der Waals surface area contributed by atoms with Gasteiger partial charge in [-0.05, 0) is 36.4 Å². The van der Waals surface area contributed by atoms with E-state index in [9.17, 15) is 9.59 Å². The van der Waals surface area contributed by atoms with Crippen LogP contribution in [0.25, 0.3) is 10.6 Å². The van der Waals surface area contributed by atoms with Gasteiger partial charge in [-0.1, -0.05) is 23.7 Å². The molecule has 2 aromatic carbocycles. The summed E-state index contributed by atoms with van der Waals surface area (Å²) in [5.74, 6) is 0.0841. The smallest absolute Gasteiger partial charge is 0.273 e. The van der Waals surface area contributed by atoms with E-state index in [-0.39, 0.29) is 18.4 Å². The Labute approximate surface area is 171 Å². The van der Waals surface area contributed by atoms with Crippen molar-refractivity contribution >= 4 is 40.4 Å². The molecule has 0 unspecified atom stereocenters. The number of methoxy groups -OCH3 is 1. The number of nitrogens with zero attached hydrogens (tertiary/aromatic N) is 2. The highest BCUT2D eigenvalue weighted by atomic mass is 35.5. The Kier molecular flexibility index (Phi) is 6.28. The second-order valence-electron chi connectivity index (χ2n) is 5.98. The maximum atomic E-state index is 12.6. The lowest BCUT2D eigenvalue weighted by Crippen LogP contribution is -2.35. The average molecular weight is 416 g/mol. The molecule has 0 spiro atoms. The Hall–Kier alpha value is -2.90. The number of halogens is 1. The summed E-state index contributed by atoms with van der Waals surface area (Å²) in [6, 6.07) is 14.2. The molecule has 0 aliphatic heterocycles. The average Bonchev–Trinajstić information content (AvgIpc) is 3.18. The minimum absolute atomic E-state index is 0.0847. The third kappa shape index (κ3) is 4.88. The van der Waals surface area contributed by atoms with Crippen LogP contribution in [0.15, 0.2) is 53.9 Å². The van der Waals surface area contributed by atoms with Crippen LogP contribution in [0, 0.1) is 0 Å². The summed E-state index contributed by atoms with van der Waals surface area (Å²) in [6.07, 6.45) is 0. The first-order valence-electron chi connectivity index (χ1n) is 8.37. The molecule has 1 heterocycles. The molecule has 0 bridgehead atoms. The topological polar surface area (TPSA) is 71.5 Å². The van der Waals surface area contributed by atoms with Gasteiger partial charge < -0.3 is 15.0 Å². The van der Waals surface area contributed by atoms with Crippen molar-refractivity contribution in [3.63, 3.8) is 0 Å². The van der Waals surface area contributed by atoms with Gasteiger partial charge in [0.15, 0.2) is 0 Å². The number of anilines is 1. The molecule has 1 aromatic heterocycles. The number of carbonyl (C=O) groups is 2. The van der Waals surface area contributed by atoms with Crippen LogP contribution in [0.2, 0.25) is 5.02 Å². The van der Waals surface area contributed by atoms with E-state index in [0.717, 1.165) is 10.6 Å². The largest absolute Gasteiger partial charge is 0.497 e. The molecule has 0 aliphatic carbocycles. The molecule has 3 rings (SSSR count). The van der Waals surface area contributed by atoms with Gasteiger partial charge in [0.25, 0.3) is 5.91 Å².